The topological polar surface area (TPSA) is 210 Å². The second-order valence-corrected chi connectivity index (χ2v) is 10.2. The van der Waals surface area contributed by atoms with Gasteiger partial charge in [0.25, 0.3) is 11.6 Å². The molecule has 1 aliphatic heterocycles. The van der Waals surface area contributed by atoms with Crippen molar-refractivity contribution in [1.82, 2.24) is 35.6 Å². The van der Waals surface area contributed by atoms with Crippen LogP contribution < -0.4 is 15.9 Å². The molecule has 222 valence electrons. The lowest BCUT2D eigenvalue weighted by molar-refractivity contribution is -0.384. The van der Waals surface area contributed by atoms with E-state index in [1.807, 2.05) is 0 Å². The van der Waals surface area contributed by atoms with E-state index in [9.17, 15) is 19.7 Å². The third-order valence-electron chi connectivity index (χ3n) is 6.75. The number of nitrogens with two attached hydrogens (primary N) is 1. The molecule has 16 nitrogen and oxygen atoms in total. The van der Waals surface area contributed by atoms with E-state index in [0.29, 0.717) is 23.7 Å². The fraction of sp³-hybridized carbons (Fsp3) is 0.269. The highest BCUT2D eigenvalue weighted by atomic mass is 35.5. The van der Waals surface area contributed by atoms with Gasteiger partial charge in [0.2, 0.25) is 11.6 Å². The van der Waals surface area contributed by atoms with Gasteiger partial charge in [-0.2, -0.15) is 9.78 Å². The number of carbonyl (C=O) groups is 2. The number of rotatable bonds is 9. The molecule has 0 atom stereocenters. The van der Waals surface area contributed by atoms with Crippen molar-refractivity contribution >= 4 is 41.2 Å². The van der Waals surface area contributed by atoms with E-state index in [4.69, 9.17) is 26.7 Å². The average Bonchev–Trinajstić information content (AvgIpc) is 3.60. The van der Waals surface area contributed by atoms with Crippen LogP contribution in [0.1, 0.15) is 51.9 Å². The maximum Gasteiger partial charge on any atom is 0.343 e. The minimum atomic E-state index is -0.816. The highest BCUT2D eigenvalue weighted by molar-refractivity contribution is 6.32. The Labute approximate surface area is 248 Å². The molecule has 0 bridgehead atoms. The molecule has 2 aromatic carbocycles. The van der Waals surface area contributed by atoms with E-state index in [1.54, 1.807) is 12.1 Å². The van der Waals surface area contributed by atoms with Gasteiger partial charge in [0.15, 0.2) is 5.69 Å². The highest BCUT2D eigenvalue weighted by Gasteiger charge is 2.27. The predicted molar refractivity (Wildman–Crippen MR) is 152 cm³/mol. The molecule has 0 unspecified atom stereocenters. The van der Waals surface area contributed by atoms with E-state index in [1.165, 1.54) is 35.2 Å². The smallest absolute Gasteiger partial charge is 0.343 e. The number of anilines is 1. The van der Waals surface area contributed by atoms with Gasteiger partial charge in [0.05, 0.1) is 22.4 Å². The molecule has 0 saturated carbocycles. The first-order valence-electron chi connectivity index (χ1n) is 13.0. The van der Waals surface area contributed by atoms with Gasteiger partial charge in [-0.05, 0) is 72.0 Å². The lowest BCUT2D eigenvalue weighted by Crippen LogP contribution is -2.34. The fourth-order valence-electron chi connectivity index (χ4n) is 4.38. The third-order valence-corrected chi connectivity index (χ3v) is 7.07. The van der Waals surface area contributed by atoms with Gasteiger partial charge in [0, 0.05) is 12.6 Å². The molecule has 1 aliphatic rings. The third kappa shape index (κ3) is 6.82. The zero-order chi connectivity index (χ0) is 30.5. The average molecular weight is 609 g/mol. The van der Waals surface area contributed by atoms with Crippen molar-refractivity contribution in [1.29, 1.82) is 0 Å². The molecule has 3 N–H and O–H groups in total. The quantitative estimate of drug-likeness (QED) is 0.0923. The zero-order valence-corrected chi connectivity index (χ0v) is 23.5. The molecule has 0 radical (unpaired) electrons. The first-order valence-corrected chi connectivity index (χ1v) is 13.4. The molecule has 1 amide bonds. The Morgan fingerprint density at radius 1 is 1.26 bits per heavy atom. The van der Waals surface area contributed by atoms with Crippen LogP contribution in [0.5, 0.6) is 5.75 Å². The number of halogens is 1. The van der Waals surface area contributed by atoms with Crippen molar-refractivity contribution in [2.24, 2.45) is 11.0 Å². The van der Waals surface area contributed by atoms with E-state index in [0.717, 1.165) is 32.0 Å². The molecule has 2 aromatic heterocycles. The van der Waals surface area contributed by atoms with Gasteiger partial charge in [-0.25, -0.2) is 14.8 Å². The number of benzene rings is 2. The molecule has 1 fully saturated rings. The van der Waals surface area contributed by atoms with E-state index in [-0.39, 0.29) is 33.7 Å². The number of nitrogens with one attached hydrogen (secondary N) is 1. The van der Waals surface area contributed by atoms with Crippen molar-refractivity contribution < 1.29 is 23.9 Å². The predicted octanol–water partition coefficient (Wildman–Crippen LogP) is 3.01. The Kier molecular flexibility index (Phi) is 8.68. The van der Waals surface area contributed by atoms with Crippen LogP contribution in [-0.4, -0.2) is 66.3 Å². The first kappa shape index (κ1) is 29.3. The summed E-state index contributed by atoms with van der Waals surface area (Å²) in [5.74, 6) is -0.549. The number of aromatic nitrogens is 5. The molecule has 0 aliphatic carbocycles. The van der Waals surface area contributed by atoms with Gasteiger partial charge >= 0.3 is 5.97 Å². The number of piperidine rings is 1. The van der Waals surface area contributed by atoms with Crippen molar-refractivity contribution in [2.45, 2.75) is 26.3 Å². The van der Waals surface area contributed by atoms with E-state index < -0.39 is 22.5 Å². The van der Waals surface area contributed by atoms with Crippen LogP contribution in [0.2, 0.25) is 5.02 Å². The molecule has 43 heavy (non-hydrogen) atoms. The SMILES string of the molecule is CC1CCN(Cc2c(C(=O)N/N=C/c3cccc(OC(=O)c4ccc(Cl)c([N+](=O)[O-])c4)c3)nnn2-c2nonc2N)CC1. The van der Waals surface area contributed by atoms with Crippen LogP contribution >= 0.6 is 11.6 Å². The monoisotopic (exact) mass is 608 g/mol. The minimum Gasteiger partial charge on any atom is -0.423 e. The van der Waals surface area contributed by atoms with Gasteiger partial charge in [-0.15, -0.1) is 5.10 Å². The molecule has 17 heteroatoms. The Morgan fingerprint density at radius 3 is 2.77 bits per heavy atom. The summed E-state index contributed by atoms with van der Waals surface area (Å²) in [6.45, 7) is 4.25. The highest BCUT2D eigenvalue weighted by Crippen LogP contribution is 2.26. The van der Waals surface area contributed by atoms with E-state index in [2.05, 4.69) is 43.0 Å². The number of esters is 1. The lowest BCUT2D eigenvalue weighted by atomic mass is 9.99. The molecule has 0 spiro atoms. The summed E-state index contributed by atoms with van der Waals surface area (Å²) < 4.78 is 11.4. The molecular weight excluding hydrogens is 584 g/mol. The number of nitrogens with zero attached hydrogens (tertiary/aromatic N) is 8. The molecule has 1 saturated heterocycles. The number of carbonyl (C=O) groups excluding carboxylic acids is 2. The second kappa shape index (κ2) is 12.7. The summed E-state index contributed by atoms with van der Waals surface area (Å²) >= 11 is 5.81. The maximum absolute atomic E-state index is 13.1. The van der Waals surface area contributed by atoms with Crippen LogP contribution in [0, 0.1) is 16.0 Å². The van der Waals surface area contributed by atoms with Crippen LogP contribution in [0.25, 0.3) is 5.82 Å². The van der Waals surface area contributed by atoms with Crippen molar-refractivity contribution in [3.63, 3.8) is 0 Å². The zero-order valence-electron chi connectivity index (χ0n) is 22.7. The summed E-state index contributed by atoms with van der Waals surface area (Å²) in [5, 5.41) is 30.5. The summed E-state index contributed by atoms with van der Waals surface area (Å²) in [6.07, 6.45) is 3.39. The van der Waals surface area contributed by atoms with Gasteiger partial charge in [-0.3, -0.25) is 19.8 Å². The van der Waals surface area contributed by atoms with Crippen LogP contribution in [0.4, 0.5) is 11.5 Å². The molecule has 4 aromatic rings. The number of amides is 1. The summed E-state index contributed by atoms with van der Waals surface area (Å²) in [5.41, 5.74) is 8.80. The van der Waals surface area contributed by atoms with Crippen LogP contribution in [0.3, 0.4) is 0 Å². The summed E-state index contributed by atoms with van der Waals surface area (Å²) in [7, 11) is 0. The number of hydrogen-bond acceptors (Lipinski definition) is 13. The van der Waals surface area contributed by atoms with Crippen LogP contribution in [0.15, 0.2) is 52.2 Å². The number of ether oxygens (including phenoxy) is 1. The van der Waals surface area contributed by atoms with Gasteiger partial charge in [-0.1, -0.05) is 35.9 Å². The number of hydrogen-bond donors (Lipinski definition) is 2. The maximum atomic E-state index is 13.1. The standard InChI is InChI=1S/C26H25ClN10O6/c1-15-7-9-35(10-8-15)14-21-22(30-34-36(21)24-23(28)32-43-33-24)25(38)31-29-13-16-3-2-4-18(11-16)42-26(39)17-5-6-19(27)20(12-17)37(40)41/h2-6,11-13,15H,7-10,14H2,1H3,(H2,28,32)(H,31,38)/b29-13+. The normalized spacial score (nSPS) is 14.2. The molecule has 5 rings (SSSR count). The van der Waals surface area contributed by atoms with Gasteiger partial charge < -0.3 is 10.5 Å². The number of nitrogen functional groups attached to an aromatic ring is 1. The number of hydrazone groups is 1. The Hall–Kier alpha value is -5.22. The van der Waals surface area contributed by atoms with Crippen LogP contribution in [-0.2, 0) is 6.54 Å². The largest absolute Gasteiger partial charge is 0.423 e. The summed E-state index contributed by atoms with van der Waals surface area (Å²) in [6, 6.07) is 9.90. The van der Waals surface area contributed by atoms with Gasteiger partial charge in [0.1, 0.15) is 10.8 Å². The minimum absolute atomic E-state index is 0.00161. The fourth-order valence-corrected chi connectivity index (χ4v) is 4.57. The molecule has 3 heterocycles. The number of likely N-dealkylation sites (tertiary alicyclic amines) is 1. The Morgan fingerprint density at radius 2 is 2.05 bits per heavy atom. The van der Waals surface area contributed by atoms with Crippen molar-refractivity contribution in [3.8, 4) is 11.6 Å². The summed E-state index contributed by atoms with van der Waals surface area (Å²) in [4.78, 5) is 38.3. The van der Waals surface area contributed by atoms with E-state index >= 15 is 0 Å². The number of nitro benzene ring substituents is 1. The van der Waals surface area contributed by atoms with Crippen molar-refractivity contribution in [2.75, 3.05) is 18.8 Å². The Bertz CT molecular complexity index is 1700. The lowest BCUT2D eigenvalue weighted by Gasteiger charge is -2.30. The number of nitro groups is 1. The second-order valence-electron chi connectivity index (χ2n) is 9.81. The van der Waals surface area contributed by atoms with Crippen molar-refractivity contribution in [3.05, 3.63) is 80.1 Å². The Balaban J connectivity index is 1.28. The molecular formula is C26H25ClN10O6. The first-order chi connectivity index (χ1) is 20.7.